The number of benzene rings is 1. The molecule has 0 unspecified atom stereocenters. The molecule has 10 nitrogen and oxygen atoms in total. The zero-order chi connectivity index (χ0) is 33.1. The molecule has 1 aromatic carbocycles. The van der Waals surface area contributed by atoms with Crippen molar-refractivity contribution in [3.8, 4) is 17.2 Å². The van der Waals surface area contributed by atoms with E-state index in [-0.39, 0.29) is 30.6 Å². The maximum absolute atomic E-state index is 15.6. The van der Waals surface area contributed by atoms with Crippen molar-refractivity contribution in [3.63, 3.8) is 0 Å². The van der Waals surface area contributed by atoms with Crippen LogP contribution >= 0.6 is 0 Å². The SMILES string of the molecule is CC(C)(C)OC(=O)N1[C@@H]2CC[C@@H](C2)[C@H]1C(=O)C[C@H](C#N)Cc1ccc(-c2cnc3c(c2)C2(CCN(C4COC4)CC2)OC3=O)cc1F. The molecule has 2 bridgehead atoms. The lowest BCUT2D eigenvalue weighted by Gasteiger charge is -2.44. The number of nitriles is 1. The average Bonchev–Trinajstić information content (AvgIpc) is 3.69. The second kappa shape index (κ2) is 12.0. The molecule has 1 spiro atoms. The smallest absolute Gasteiger partial charge is 0.411 e. The van der Waals surface area contributed by atoms with E-state index in [2.05, 4.69) is 16.0 Å². The van der Waals surface area contributed by atoms with E-state index in [0.29, 0.717) is 41.3 Å². The Hall–Kier alpha value is -3.88. The number of carbonyl (C=O) groups excluding carboxylic acids is 3. The number of rotatable bonds is 7. The molecule has 1 saturated carbocycles. The molecule has 0 radical (unpaired) electrons. The van der Waals surface area contributed by atoms with Crippen molar-refractivity contribution < 1.29 is 33.0 Å². The Kier molecular flexibility index (Phi) is 8.08. The second-order valence-corrected chi connectivity index (χ2v) is 14.8. The number of Topliss-reactive ketones (excluding diaryl/α,β-unsaturated/α-hetero) is 1. The number of esters is 1. The number of likely N-dealkylation sites (tertiary alicyclic amines) is 2. The highest BCUT2D eigenvalue weighted by molar-refractivity contribution is 5.93. The quantitative estimate of drug-likeness (QED) is 0.376. The van der Waals surface area contributed by atoms with E-state index in [0.717, 1.165) is 51.1 Å². The molecule has 0 N–H and O–H groups in total. The van der Waals surface area contributed by atoms with Crippen LogP contribution in [0.1, 0.15) is 80.9 Å². The number of pyridine rings is 1. The number of hydrogen-bond acceptors (Lipinski definition) is 9. The monoisotopic (exact) mass is 644 g/mol. The van der Waals surface area contributed by atoms with Crippen molar-refractivity contribution in [2.24, 2.45) is 11.8 Å². The van der Waals surface area contributed by atoms with Gasteiger partial charge in [-0.15, -0.1) is 0 Å². The van der Waals surface area contributed by atoms with Gasteiger partial charge in [0.15, 0.2) is 11.5 Å². The highest BCUT2D eigenvalue weighted by Gasteiger charge is 2.52. The molecule has 1 aromatic heterocycles. The molecule has 1 aliphatic carbocycles. The summed E-state index contributed by atoms with van der Waals surface area (Å²) in [5, 5.41) is 9.97. The summed E-state index contributed by atoms with van der Waals surface area (Å²) in [6, 6.07) is 8.71. The fourth-order valence-corrected chi connectivity index (χ4v) is 8.13. The van der Waals surface area contributed by atoms with Crippen molar-refractivity contribution in [2.45, 2.75) is 95.0 Å². The van der Waals surface area contributed by atoms with E-state index in [1.54, 1.807) is 44.0 Å². The van der Waals surface area contributed by atoms with Crippen molar-refractivity contribution in [1.82, 2.24) is 14.8 Å². The molecule has 248 valence electrons. The minimum absolute atomic E-state index is 0.0298. The van der Waals surface area contributed by atoms with Gasteiger partial charge in [0, 0.05) is 55.7 Å². The molecule has 11 heteroatoms. The molecule has 4 fully saturated rings. The zero-order valence-electron chi connectivity index (χ0n) is 27.2. The van der Waals surface area contributed by atoms with Gasteiger partial charge in [0.2, 0.25) is 0 Å². The first-order valence-electron chi connectivity index (χ1n) is 16.7. The highest BCUT2D eigenvalue weighted by atomic mass is 19.1. The largest absolute Gasteiger partial charge is 0.449 e. The lowest BCUT2D eigenvalue weighted by molar-refractivity contribution is -0.126. The van der Waals surface area contributed by atoms with Crippen molar-refractivity contribution in [3.05, 3.63) is 53.1 Å². The van der Waals surface area contributed by atoms with Gasteiger partial charge in [0.1, 0.15) is 17.0 Å². The van der Waals surface area contributed by atoms with E-state index in [4.69, 9.17) is 14.2 Å². The molecule has 5 aliphatic rings. The van der Waals surface area contributed by atoms with Crippen LogP contribution in [0.25, 0.3) is 11.1 Å². The molecule has 4 atom stereocenters. The van der Waals surface area contributed by atoms with Gasteiger partial charge in [-0.25, -0.2) is 19.0 Å². The Balaban J connectivity index is 1.04. The maximum Gasteiger partial charge on any atom is 0.411 e. The average molecular weight is 645 g/mol. The summed E-state index contributed by atoms with van der Waals surface area (Å²) in [6.07, 6.45) is 4.86. The van der Waals surface area contributed by atoms with Gasteiger partial charge in [-0.05, 0) is 75.6 Å². The number of piperidine rings is 2. The predicted octanol–water partition coefficient (Wildman–Crippen LogP) is 5.18. The third-order valence-electron chi connectivity index (χ3n) is 10.6. The molecule has 3 saturated heterocycles. The molecular weight excluding hydrogens is 603 g/mol. The first kappa shape index (κ1) is 31.7. The first-order valence-corrected chi connectivity index (χ1v) is 16.7. The normalized spacial score (nSPS) is 25.6. The summed E-state index contributed by atoms with van der Waals surface area (Å²) in [5.74, 6) is -1.77. The van der Waals surface area contributed by atoms with Crippen LogP contribution in [-0.2, 0) is 31.0 Å². The van der Waals surface area contributed by atoms with Gasteiger partial charge >= 0.3 is 12.1 Å². The van der Waals surface area contributed by atoms with Crippen LogP contribution in [0.15, 0.2) is 30.5 Å². The van der Waals surface area contributed by atoms with Gasteiger partial charge in [0.05, 0.1) is 37.3 Å². The standard InChI is InChI=1S/C36H41FN4O6/c1-35(2,3)47-34(44)41-26-7-6-24(14-26)32(41)30(42)13-21(17-38)12-23-5-4-22(16-29(23)37)25-15-28-31(39-18-25)33(43)46-36(28)8-10-40(11-9-36)27-19-45-20-27/h4-5,15-16,18,21,24,26-27,32H,6-14,19-20H2,1-3H3/t21-,24+,26-,32+/m1/s1. The molecular formula is C36H41FN4O6. The Bertz CT molecular complexity index is 1640. The van der Waals surface area contributed by atoms with Gasteiger partial charge in [-0.2, -0.15) is 5.26 Å². The minimum Gasteiger partial charge on any atom is -0.449 e. The van der Waals surface area contributed by atoms with Crippen LogP contribution in [0.2, 0.25) is 0 Å². The summed E-state index contributed by atoms with van der Waals surface area (Å²) in [7, 11) is 0. The van der Waals surface area contributed by atoms with Gasteiger partial charge in [-0.3, -0.25) is 14.6 Å². The Morgan fingerprint density at radius 3 is 2.57 bits per heavy atom. The molecule has 1 amide bonds. The number of carbonyl (C=O) groups is 3. The first-order chi connectivity index (χ1) is 22.4. The summed E-state index contributed by atoms with van der Waals surface area (Å²) >= 11 is 0. The third kappa shape index (κ3) is 5.91. The van der Waals surface area contributed by atoms with E-state index in [1.807, 2.05) is 6.07 Å². The fourth-order valence-electron chi connectivity index (χ4n) is 8.13. The Morgan fingerprint density at radius 2 is 1.91 bits per heavy atom. The number of ketones is 1. The van der Waals surface area contributed by atoms with E-state index < -0.39 is 41.0 Å². The number of fused-ring (bicyclic) bond motifs is 4. The molecule has 47 heavy (non-hydrogen) atoms. The molecule has 5 heterocycles. The number of hydrogen-bond donors (Lipinski definition) is 0. The number of aromatic nitrogens is 1. The topological polar surface area (TPSA) is 122 Å². The zero-order valence-corrected chi connectivity index (χ0v) is 27.2. The molecule has 7 rings (SSSR count). The lowest BCUT2D eigenvalue weighted by atomic mass is 9.83. The fraction of sp³-hybridized carbons (Fsp3) is 0.583. The summed E-state index contributed by atoms with van der Waals surface area (Å²) in [5.41, 5.74) is 1.25. The van der Waals surface area contributed by atoms with Crippen molar-refractivity contribution in [1.29, 1.82) is 5.26 Å². The van der Waals surface area contributed by atoms with E-state index >= 15 is 4.39 Å². The van der Waals surface area contributed by atoms with Crippen LogP contribution < -0.4 is 0 Å². The number of amides is 1. The maximum atomic E-state index is 15.6. The Morgan fingerprint density at radius 1 is 1.15 bits per heavy atom. The van der Waals surface area contributed by atoms with Crippen molar-refractivity contribution in [2.75, 3.05) is 26.3 Å². The van der Waals surface area contributed by atoms with Crippen LogP contribution in [0.5, 0.6) is 0 Å². The number of ether oxygens (including phenoxy) is 3. The van der Waals surface area contributed by atoms with Crippen LogP contribution in [0.4, 0.5) is 9.18 Å². The van der Waals surface area contributed by atoms with Gasteiger partial charge in [0.25, 0.3) is 0 Å². The lowest BCUT2D eigenvalue weighted by Crippen LogP contribution is -2.54. The highest BCUT2D eigenvalue weighted by Crippen LogP contribution is 2.46. The van der Waals surface area contributed by atoms with Crippen LogP contribution in [-0.4, -0.2) is 82.7 Å². The van der Waals surface area contributed by atoms with Gasteiger partial charge in [-0.1, -0.05) is 12.1 Å². The van der Waals surface area contributed by atoms with Gasteiger partial charge < -0.3 is 14.2 Å². The number of halogens is 1. The minimum atomic E-state index is -0.746. The van der Waals surface area contributed by atoms with Crippen LogP contribution in [0.3, 0.4) is 0 Å². The van der Waals surface area contributed by atoms with E-state index in [1.165, 1.54) is 6.07 Å². The van der Waals surface area contributed by atoms with E-state index in [9.17, 15) is 19.6 Å². The Labute approximate surface area is 274 Å². The van der Waals surface area contributed by atoms with Crippen LogP contribution in [0, 0.1) is 29.0 Å². The third-order valence-corrected chi connectivity index (χ3v) is 10.6. The molecule has 2 aromatic rings. The summed E-state index contributed by atoms with van der Waals surface area (Å²) in [6.45, 7) is 8.43. The molecule has 4 aliphatic heterocycles. The second-order valence-electron chi connectivity index (χ2n) is 14.8. The predicted molar refractivity (Wildman–Crippen MR) is 168 cm³/mol. The summed E-state index contributed by atoms with van der Waals surface area (Å²) in [4.78, 5) is 47.7. The number of nitrogens with zero attached hydrogens (tertiary/aromatic N) is 4. The summed E-state index contributed by atoms with van der Waals surface area (Å²) < 4.78 is 32.5. The van der Waals surface area contributed by atoms with Crippen molar-refractivity contribution >= 4 is 17.8 Å².